The van der Waals surface area contributed by atoms with Gasteiger partial charge in [-0.25, -0.2) is 0 Å². The number of thiocarbonyl (C=S) groups is 3. The van der Waals surface area contributed by atoms with Crippen LogP contribution in [0.25, 0.3) is 0 Å². The van der Waals surface area contributed by atoms with Gasteiger partial charge in [-0.1, -0.05) is 120 Å². The Balaban J connectivity index is -0.000000262. The van der Waals surface area contributed by atoms with Crippen molar-refractivity contribution in [1.29, 1.82) is 0 Å². The molecule has 0 saturated carbocycles. The van der Waals surface area contributed by atoms with Crippen molar-refractivity contribution in [2.75, 3.05) is 39.3 Å². The van der Waals surface area contributed by atoms with Gasteiger partial charge in [0.15, 0.2) is 0 Å². The van der Waals surface area contributed by atoms with E-state index in [0.717, 1.165) is 87.7 Å². The zero-order valence-electron chi connectivity index (χ0n) is 29.7. The topological polar surface area (TPSA) is 9.72 Å². The minimum Gasteiger partial charge on any atom is -0.358 e. The molecule has 0 aromatic rings. The van der Waals surface area contributed by atoms with Crippen molar-refractivity contribution in [2.24, 2.45) is 35.5 Å². The molecule has 0 bridgehead atoms. The SMILES string of the molecule is CC(C)CCN(CCC(C)C)C(=S)S.CC(C)CCN(CCC(C)C)C(=S)S.CC(C)CCN(CCC(C)C)C(=S)S.[Fe+3]. The number of rotatable bonds is 18. The average Bonchev–Trinajstić information content (AvgIpc) is 2.83. The Morgan fingerprint density at radius 2 is 0.488 bits per heavy atom. The average molecular weight is 756 g/mol. The maximum Gasteiger partial charge on any atom is 3.00 e. The molecule has 0 heterocycles. The van der Waals surface area contributed by atoms with Crippen LogP contribution in [0.3, 0.4) is 0 Å². The van der Waals surface area contributed by atoms with Crippen LogP contribution in [0.5, 0.6) is 0 Å². The van der Waals surface area contributed by atoms with Crippen molar-refractivity contribution in [1.82, 2.24) is 14.7 Å². The number of hydrogen-bond donors (Lipinski definition) is 3. The fraction of sp³-hybridized carbons (Fsp3) is 0.909. The molecule has 0 aliphatic heterocycles. The van der Waals surface area contributed by atoms with Gasteiger partial charge in [0.25, 0.3) is 0 Å². The van der Waals surface area contributed by atoms with Gasteiger partial charge in [-0.3, -0.25) is 0 Å². The zero-order chi connectivity index (χ0) is 33.4. The summed E-state index contributed by atoms with van der Waals surface area (Å²) in [5.41, 5.74) is 0. The van der Waals surface area contributed by atoms with Crippen molar-refractivity contribution < 1.29 is 17.1 Å². The summed E-state index contributed by atoms with van der Waals surface area (Å²) < 4.78 is 2.23. The first-order chi connectivity index (χ1) is 19.3. The molecule has 0 atom stereocenters. The number of nitrogens with zero attached hydrogens (tertiary/aromatic N) is 3. The summed E-state index contributed by atoms with van der Waals surface area (Å²) in [5.74, 6) is 4.41. The van der Waals surface area contributed by atoms with Gasteiger partial charge < -0.3 is 14.7 Å². The standard InChI is InChI=1S/3C11H23NS2.Fe/c3*1-9(2)5-7-12(11(13)14)8-6-10(3)4;/h3*9-10H,5-8H2,1-4H3,(H,13,14);/q;;;+3. The van der Waals surface area contributed by atoms with E-state index >= 15 is 0 Å². The zero-order valence-corrected chi connectivity index (χ0v) is 35.9. The monoisotopic (exact) mass is 755 g/mol. The van der Waals surface area contributed by atoms with E-state index in [-0.39, 0.29) is 17.1 Å². The fourth-order valence-corrected chi connectivity index (χ4v) is 4.54. The Morgan fingerprint density at radius 1 is 0.372 bits per heavy atom. The van der Waals surface area contributed by atoms with Crippen molar-refractivity contribution in [2.45, 2.75) is 122 Å². The second-order valence-corrected chi connectivity index (χ2v) is 17.2. The maximum atomic E-state index is 5.11. The van der Waals surface area contributed by atoms with Gasteiger partial charge in [-0.15, -0.1) is 37.9 Å². The Labute approximate surface area is 313 Å². The van der Waals surface area contributed by atoms with E-state index in [0.29, 0.717) is 0 Å². The number of thiol groups is 3. The summed E-state index contributed by atoms with van der Waals surface area (Å²) >= 11 is 28.1. The predicted octanol–water partition coefficient (Wildman–Crippen LogP) is 10.8. The van der Waals surface area contributed by atoms with E-state index in [2.05, 4.69) is 136 Å². The van der Waals surface area contributed by atoms with Crippen molar-refractivity contribution in [3.63, 3.8) is 0 Å². The third-order valence-corrected chi connectivity index (χ3v) is 8.29. The van der Waals surface area contributed by atoms with Crippen LogP contribution in [-0.4, -0.2) is 66.9 Å². The second kappa shape index (κ2) is 31.8. The predicted molar refractivity (Wildman–Crippen MR) is 216 cm³/mol. The van der Waals surface area contributed by atoms with E-state index in [4.69, 9.17) is 36.7 Å². The first kappa shape index (κ1) is 51.1. The normalized spacial score (nSPS) is 10.8. The van der Waals surface area contributed by atoms with Crippen LogP contribution >= 0.6 is 74.5 Å². The molecule has 43 heavy (non-hydrogen) atoms. The third kappa shape index (κ3) is 39.3. The summed E-state index contributed by atoms with van der Waals surface area (Å²) in [6, 6.07) is 0. The summed E-state index contributed by atoms with van der Waals surface area (Å²) in [4.78, 5) is 6.62. The summed E-state index contributed by atoms with van der Waals surface area (Å²) in [6.45, 7) is 33.1. The largest absolute Gasteiger partial charge is 3.00 e. The van der Waals surface area contributed by atoms with Gasteiger partial charge in [0, 0.05) is 39.3 Å². The Kier molecular flexibility index (Phi) is 37.8. The smallest absolute Gasteiger partial charge is 0.358 e. The second-order valence-electron chi connectivity index (χ2n) is 13.9. The van der Waals surface area contributed by atoms with E-state index in [1.165, 1.54) is 38.5 Å². The fourth-order valence-electron chi connectivity index (χ4n) is 3.39. The first-order valence-electron chi connectivity index (χ1n) is 16.2. The Bertz CT molecular complexity index is 561. The molecule has 0 rings (SSSR count). The van der Waals surface area contributed by atoms with Crippen LogP contribution in [0.1, 0.15) is 122 Å². The van der Waals surface area contributed by atoms with Gasteiger partial charge in [0.1, 0.15) is 13.0 Å². The molecule has 1 radical (unpaired) electrons. The van der Waals surface area contributed by atoms with Crippen LogP contribution in [0.2, 0.25) is 0 Å². The van der Waals surface area contributed by atoms with Crippen LogP contribution in [0.15, 0.2) is 0 Å². The molecule has 0 unspecified atom stereocenters. The molecule has 0 aliphatic rings. The minimum absolute atomic E-state index is 0. The molecule has 257 valence electrons. The summed E-state index contributed by atoms with van der Waals surface area (Å²) in [7, 11) is 0. The van der Waals surface area contributed by atoms with E-state index in [1.54, 1.807) is 0 Å². The maximum absolute atomic E-state index is 5.11. The summed E-state index contributed by atoms with van der Waals surface area (Å²) in [6.07, 6.45) is 7.16. The van der Waals surface area contributed by atoms with Crippen molar-refractivity contribution in [3.05, 3.63) is 0 Å². The first-order valence-corrected chi connectivity index (χ1v) is 18.8. The van der Waals surface area contributed by atoms with Gasteiger partial charge in [-0.05, 0) is 74.0 Å². The quantitative estimate of drug-likeness (QED) is 0.0725. The Hall–Kier alpha value is 1.24. The molecule has 0 saturated heterocycles. The van der Waals surface area contributed by atoms with E-state index in [9.17, 15) is 0 Å². The van der Waals surface area contributed by atoms with Gasteiger partial charge in [-0.2, -0.15) is 0 Å². The van der Waals surface area contributed by atoms with Crippen LogP contribution < -0.4 is 0 Å². The van der Waals surface area contributed by atoms with Crippen molar-refractivity contribution >= 4 is 87.5 Å². The third-order valence-electron chi connectivity index (χ3n) is 6.67. The minimum atomic E-state index is 0. The summed E-state index contributed by atoms with van der Waals surface area (Å²) in [5, 5.41) is 0. The molecule has 0 spiro atoms. The van der Waals surface area contributed by atoms with Crippen LogP contribution in [-0.2, 0) is 17.1 Å². The molecular formula is C33H69FeN3S6+3. The van der Waals surface area contributed by atoms with Gasteiger partial charge >= 0.3 is 17.1 Å². The molecule has 3 nitrogen and oxygen atoms in total. The molecule has 0 fully saturated rings. The molecular weight excluding hydrogens is 687 g/mol. The van der Waals surface area contributed by atoms with E-state index < -0.39 is 0 Å². The van der Waals surface area contributed by atoms with E-state index in [1.807, 2.05) is 0 Å². The number of hydrogen-bond acceptors (Lipinski definition) is 3. The van der Waals surface area contributed by atoms with Gasteiger partial charge in [0.05, 0.1) is 0 Å². The molecule has 0 amide bonds. The molecule has 0 aromatic carbocycles. The molecule has 10 heteroatoms. The van der Waals surface area contributed by atoms with Crippen LogP contribution in [0.4, 0.5) is 0 Å². The molecule has 0 N–H and O–H groups in total. The molecule has 0 aliphatic carbocycles. The van der Waals surface area contributed by atoms with Gasteiger partial charge in [0.2, 0.25) is 0 Å². The van der Waals surface area contributed by atoms with Crippen molar-refractivity contribution in [3.8, 4) is 0 Å². The van der Waals surface area contributed by atoms with Crippen LogP contribution in [0, 0.1) is 35.5 Å². The molecule has 0 aromatic heterocycles. The Morgan fingerprint density at radius 3 is 0.558 bits per heavy atom.